The summed E-state index contributed by atoms with van der Waals surface area (Å²) in [7, 11) is 3.29. The fourth-order valence-corrected chi connectivity index (χ4v) is 0.888. The Morgan fingerprint density at radius 1 is 1.00 bits per heavy atom. The molecule has 4 nitrogen and oxygen atoms in total. The Morgan fingerprint density at radius 2 is 1.42 bits per heavy atom. The van der Waals surface area contributed by atoms with Crippen LogP contribution in [0, 0.1) is 0 Å². The van der Waals surface area contributed by atoms with E-state index in [0.29, 0.717) is 26.4 Å². The minimum Gasteiger partial charge on any atom is -1.00 e. The van der Waals surface area contributed by atoms with Crippen LogP contribution < -0.4 is 29.6 Å². The first-order valence-corrected chi connectivity index (χ1v) is 4.39. The van der Waals surface area contributed by atoms with Gasteiger partial charge in [0.25, 0.3) is 0 Å². The van der Waals surface area contributed by atoms with Crippen molar-refractivity contribution >= 4 is 15.9 Å². The molecule has 72 valence electrons. The molecule has 12 heavy (non-hydrogen) atoms. The van der Waals surface area contributed by atoms with Gasteiger partial charge in [-0.05, 0) is 0 Å². The van der Waals surface area contributed by atoms with Crippen molar-refractivity contribution < 1.29 is 55.2 Å². The van der Waals surface area contributed by atoms with Gasteiger partial charge in [0.05, 0.1) is 0 Å². The summed E-state index contributed by atoms with van der Waals surface area (Å²) in [4.78, 5) is 0. The molecular formula is C6H20AlNaO4. The Morgan fingerprint density at radius 3 is 1.75 bits per heavy atom. The molecule has 0 rings (SSSR count). The maximum absolute atomic E-state index is 5.10. The quantitative estimate of drug-likeness (QED) is 0.326. The van der Waals surface area contributed by atoms with Crippen LogP contribution in [0.25, 0.3) is 0 Å². The molecule has 0 saturated carbocycles. The zero-order chi connectivity index (χ0) is 8.36. The second-order valence-corrected chi connectivity index (χ2v) is 2.68. The van der Waals surface area contributed by atoms with E-state index in [4.69, 9.17) is 17.1 Å². The van der Waals surface area contributed by atoms with Gasteiger partial charge in [0.2, 0.25) is 0 Å². The summed E-state index contributed by atoms with van der Waals surface area (Å²) in [5.41, 5.74) is 0. The van der Waals surface area contributed by atoms with Gasteiger partial charge in [0.15, 0.2) is 0 Å². The molecule has 0 aromatic heterocycles. The van der Waals surface area contributed by atoms with Crippen molar-refractivity contribution in [3.8, 4) is 0 Å². The molecule has 0 amide bonds. The van der Waals surface area contributed by atoms with E-state index in [1.807, 2.05) is 0 Å². The average molecular weight is 206 g/mol. The molecule has 0 heterocycles. The van der Waals surface area contributed by atoms with Crippen LogP contribution in [0.3, 0.4) is 0 Å². The molecule has 0 fully saturated rings. The summed E-state index contributed by atoms with van der Waals surface area (Å²) >= 11 is -0.349. The zero-order valence-corrected chi connectivity index (χ0v) is 11.2. The van der Waals surface area contributed by atoms with Gasteiger partial charge < -0.3 is 5.71 Å². The van der Waals surface area contributed by atoms with E-state index in [1.54, 1.807) is 14.2 Å². The second kappa shape index (κ2) is 14.9. The van der Waals surface area contributed by atoms with Crippen LogP contribution in [0.2, 0.25) is 0 Å². The van der Waals surface area contributed by atoms with Crippen LogP contribution in [0.15, 0.2) is 0 Å². The molecule has 0 saturated heterocycles. The molecule has 0 aliphatic heterocycles. The predicted octanol–water partition coefficient (Wildman–Crippen LogP) is -2.47. The Kier molecular flexibility index (Phi) is 19.6. The molecule has 0 aliphatic rings. The first-order chi connectivity index (χ1) is 5.41. The summed E-state index contributed by atoms with van der Waals surface area (Å²) in [6, 6.07) is 0. The van der Waals surface area contributed by atoms with Crippen LogP contribution in [-0.2, 0) is 17.1 Å². The van der Waals surface area contributed by atoms with E-state index >= 15 is 0 Å². The Balaban J connectivity index is -0.0000000238. The maximum Gasteiger partial charge on any atom is 1.00 e. The van der Waals surface area contributed by atoms with Crippen molar-refractivity contribution in [2.75, 3.05) is 40.6 Å². The van der Waals surface area contributed by atoms with Gasteiger partial charge in [-0.1, -0.05) is 0 Å². The van der Waals surface area contributed by atoms with Gasteiger partial charge >= 0.3 is 106 Å². The van der Waals surface area contributed by atoms with Gasteiger partial charge in [-0.25, -0.2) is 0 Å². The number of hydrogen-bond donors (Lipinski definition) is 0. The molecule has 0 radical (unpaired) electrons. The average Bonchev–Trinajstić information content (AvgIpc) is 2.03. The smallest absolute Gasteiger partial charge is 1.00 e. The Bertz CT molecular complexity index is 85.1. The van der Waals surface area contributed by atoms with Gasteiger partial charge in [0.1, 0.15) is 0 Å². The summed E-state index contributed by atoms with van der Waals surface area (Å²) < 4.78 is 19.8. The van der Waals surface area contributed by atoms with E-state index in [1.165, 1.54) is 0 Å². The van der Waals surface area contributed by atoms with Gasteiger partial charge in [-0.2, -0.15) is 0 Å². The summed E-state index contributed by atoms with van der Waals surface area (Å²) in [5.74, 6) is 0. The van der Waals surface area contributed by atoms with Crippen molar-refractivity contribution in [2.24, 2.45) is 0 Å². The molecular weight excluding hydrogens is 186 g/mol. The van der Waals surface area contributed by atoms with E-state index in [9.17, 15) is 0 Å². The van der Waals surface area contributed by atoms with E-state index in [2.05, 4.69) is 0 Å². The third-order valence-electron chi connectivity index (χ3n) is 0.947. The van der Waals surface area contributed by atoms with Gasteiger partial charge in [0, 0.05) is 0 Å². The van der Waals surface area contributed by atoms with Gasteiger partial charge in [-0.15, -0.1) is 0 Å². The molecule has 0 aliphatic carbocycles. The number of hydrogen-bond acceptors (Lipinski definition) is 4. The third-order valence-corrected chi connectivity index (χ3v) is 1.69. The van der Waals surface area contributed by atoms with Crippen molar-refractivity contribution in [3.05, 3.63) is 0 Å². The van der Waals surface area contributed by atoms with Crippen molar-refractivity contribution in [3.63, 3.8) is 0 Å². The minimum atomic E-state index is -0.349. The summed E-state index contributed by atoms with van der Waals surface area (Å²) in [5, 5.41) is 0. The zero-order valence-electron chi connectivity index (χ0n) is 14.0. The summed E-state index contributed by atoms with van der Waals surface area (Å²) in [6.07, 6.45) is 0. The molecule has 0 aromatic rings. The third kappa shape index (κ3) is 13.9. The molecule has 0 N–H and O–H groups in total. The molecule has 0 bridgehead atoms. The fraction of sp³-hybridized carbons (Fsp3) is 1.00. The minimum absolute atomic E-state index is 0. The largest absolute Gasteiger partial charge is 1.00 e. The van der Waals surface area contributed by atoms with Crippen LogP contribution in [0.5, 0.6) is 0 Å². The van der Waals surface area contributed by atoms with Crippen molar-refractivity contribution in [1.29, 1.82) is 0 Å². The molecule has 6 heteroatoms. The van der Waals surface area contributed by atoms with E-state index < -0.39 is 0 Å². The topological polar surface area (TPSA) is 36.9 Å². The van der Waals surface area contributed by atoms with Crippen LogP contribution in [0.4, 0.5) is 0 Å². The van der Waals surface area contributed by atoms with Crippen molar-refractivity contribution in [2.45, 2.75) is 0 Å². The van der Waals surface area contributed by atoms with E-state index in [0.717, 1.165) is 0 Å². The fourth-order valence-electron chi connectivity index (χ4n) is 0.407. The van der Waals surface area contributed by atoms with Crippen LogP contribution >= 0.6 is 0 Å². The Labute approximate surface area is 111 Å². The molecule has 0 aromatic carbocycles. The number of ether oxygens (including phenoxy) is 2. The standard InChI is InChI=1S/2C3H7O2.Al.Na.4H/c2*1-5-3-2-4;;;;;;/h2*2-3H2,1H3;;;;;;/q2*-1;+3;+1;4*-1/p+2. The summed E-state index contributed by atoms with van der Waals surface area (Å²) in [6.45, 7) is 2.47. The van der Waals surface area contributed by atoms with E-state index in [-0.39, 0.29) is 54.0 Å². The number of methoxy groups -OCH3 is 2. The molecule has 0 unspecified atom stereocenters. The van der Waals surface area contributed by atoms with Crippen LogP contribution in [0.1, 0.15) is 8.56 Å². The SMILES string of the molecule is COCC[O][Al+][O]CCOC.[H+].[H+].[H-].[H-].[H-].[H-].[Na+]. The van der Waals surface area contributed by atoms with Crippen molar-refractivity contribution in [1.82, 2.24) is 0 Å². The normalized spacial score (nSPS) is 8.83. The first-order valence-electron chi connectivity index (χ1n) is 3.44. The Hall–Kier alpha value is 1.37. The molecule has 0 atom stereocenters. The predicted molar refractivity (Wildman–Crippen MR) is 48.1 cm³/mol. The monoisotopic (exact) mass is 206 g/mol. The van der Waals surface area contributed by atoms with Gasteiger partial charge in [-0.3, -0.25) is 0 Å². The molecule has 0 spiro atoms. The maximum atomic E-state index is 5.10. The first kappa shape index (κ1) is 15.8. The second-order valence-electron chi connectivity index (χ2n) is 1.82. The number of rotatable bonds is 8. The van der Waals surface area contributed by atoms with Crippen LogP contribution in [-0.4, -0.2) is 56.5 Å².